The molecule has 2 N–H and O–H groups in total. The predicted octanol–water partition coefficient (Wildman–Crippen LogP) is 3.67. The van der Waals surface area contributed by atoms with Crippen molar-refractivity contribution in [3.63, 3.8) is 0 Å². The number of carbonyl (C=O) groups excluding carboxylic acids is 2. The summed E-state index contributed by atoms with van der Waals surface area (Å²) < 4.78 is 2.01. The molecule has 33 heavy (non-hydrogen) atoms. The van der Waals surface area contributed by atoms with E-state index in [9.17, 15) is 14.7 Å². The lowest BCUT2D eigenvalue weighted by Crippen LogP contribution is -2.24. The van der Waals surface area contributed by atoms with Crippen molar-refractivity contribution in [3.05, 3.63) is 69.6 Å². The molecule has 2 heterocycles. The van der Waals surface area contributed by atoms with Gasteiger partial charge in [0.15, 0.2) is 4.80 Å². The fraction of sp³-hybridized carbons (Fsp3) is 0.360. The molecule has 0 atom stereocenters. The lowest BCUT2D eigenvalue weighted by atomic mass is 9.86. The van der Waals surface area contributed by atoms with Crippen molar-refractivity contribution >= 4 is 23.2 Å². The van der Waals surface area contributed by atoms with Gasteiger partial charge in [-0.1, -0.05) is 45.0 Å². The highest BCUT2D eigenvalue weighted by Gasteiger charge is 2.16. The second-order valence-corrected chi connectivity index (χ2v) is 9.66. The number of pyridine rings is 1. The van der Waals surface area contributed by atoms with Crippen molar-refractivity contribution in [1.82, 2.24) is 14.9 Å². The Labute approximate surface area is 197 Å². The molecule has 3 aromatic rings. The molecule has 0 radical (unpaired) electrons. The number of aliphatic hydroxyl groups excluding tert-OH is 1. The van der Waals surface area contributed by atoms with Crippen LogP contribution in [0.15, 0.2) is 53.1 Å². The molecule has 0 fully saturated rings. The molecule has 7 nitrogen and oxygen atoms in total. The lowest BCUT2D eigenvalue weighted by molar-refractivity contribution is -0.118. The number of aromatic nitrogens is 2. The zero-order valence-corrected chi connectivity index (χ0v) is 20.3. The van der Waals surface area contributed by atoms with E-state index in [1.807, 2.05) is 9.95 Å². The summed E-state index contributed by atoms with van der Waals surface area (Å²) in [6.45, 7) is 8.89. The van der Waals surface area contributed by atoms with Crippen LogP contribution < -0.4 is 10.1 Å². The molecule has 0 aliphatic carbocycles. The first-order chi connectivity index (χ1) is 15.7. The van der Waals surface area contributed by atoms with Crippen molar-refractivity contribution < 1.29 is 14.7 Å². The smallest absolute Gasteiger partial charge is 0.281 e. The number of nitrogens with one attached hydrogen (secondary N) is 1. The minimum absolute atomic E-state index is 0.0581. The molecule has 3 rings (SSSR count). The molecule has 0 aliphatic rings. The van der Waals surface area contributed by atoms with Gasteiger partial charge in [-0.05, 0) is 34.6 Å². The van der Waals surface area contributed by atoms with Gasteiger partial charge >= 0.3 is 0 Å². The van der Waals surface area contributed by atoms with Crippen LogP contribution in [0.4, 0.5) is 0 Å². The van der Waals surface area contributed by atoms with Crippen LogP contribution in [0.1, 0.15) is 55.6 Å². The van der Waals surface area contributed by atoms with Gasteiger partial charge in [-0.15, -0.1) is 11.3 Å². The summed E-state index contributed by atoms with van der Waals surface area (Å²) in [7, 11) is 0. The van der Waals surface area contributed by atoms with Crippen molar-refractivity contribution in [2.45, 2.75) is 52.7 Å². The van der Waals surface area contributed by atoms with E-state index in [1.165, 1.54) is 36.2 Å². The van der Waals surface area contributed by atoms with Gasteiger partial charge in [-0.2, -0.15) is 4.99 Å². The monoisotopic (exact) mass is 466 g/mol. The number of nitrogens with zero attached hydrogens (tertiary/aromatic N) is 3. The van der Waals surface area contributed by atoms with E-state index >= 15 is 0 Å². The van der Waals surface area contributed by atoms with Gasteiger partial charge in [0.25, 0.3) is 5.91 Å². The Morgan fingerprint density at radius 1 is 1.18 bits per heavy atom. The first-order valence-corrected chi connectivity index (χ1v) is 11.7. The van der Waals surface area contributed by atoms with Crippen LogP contribution in [-0.2, 0) is 23.4 Å². The van der Waals surface area contributed by atoms with Crippen molar-refractivity contribution in [3.8, 4) is 11.3 Å². The van der Waals surface area contributed by atoms with Gasteiger partial charge in [-0.3, -0.25) is 14.6 Å². The molecule has 0 bridgehead atoms. The van der Waals surface area contributed by atoms with Crippen LogP contribution in [0.5, 0.6) is 0 Å². The maximum absolute atomic E-state index is 12.9. The maximum Gasteiger partial charge on any atom is 0.281 e. The van der Waals surface area contributed by atoms with E-state index in [2.05, 4.69) is 60.3 Å². The Hall–Kier alpha value is -3.10. The van der Waals surface area contributed by atoms with E-state index in [4.69, 9.17) is 0 Å². The number of hydrogen-bond acceptors (Lipinski definition) is 5. The third kappa shape index (κ3) is 6.24. The SMILES string of the molecule is CC(=O)NCCCn1c(-c2ccc(C(C)(C)C)cc2)csc1=NC(=O)c1cnccc1CO. The molecule has 0 saturated carbocycles. The van der Waals surface area contributed by atoms with Crippen LogP contribution in [0.25, 0.3) is 11.3 Å². The van der Waals surface area contributed by atoms with Crippen molar-refractivity contribution in [2.75, 3.05) is 6.54 Å². The van der Waals surface area contributed by atoms with E-state index in [-0.39, 0.29) is 23.5 Å². The summed E-state index contributed by atoms with van der Waals surface area (Å²) in [5, 5.41) is 14.4. The summed E-state index contributed by atoms with van der Waals surface area (Å²) in [5.74, 6) is -0.518. The van der Waals surface area contributed by atoms with Gasteiger partial charge in [0, 0.05) is 37.8 Å². The first kappa shape index (κ1) is 24.5. The molecule has 2 amide bonds. The Morgan fingerprint density at radius 3 is 2.55 bits per heavy atom. The Balaban J connectivity index is 2.00. The number of carbonyl (C=O) groups is 2. The second kappa shape index (κ2) is 10.7. The van der Waals surface area contributed by atoms with E-state index in [1.54, 1.807) is 6.07 Å². The largest absolute Gasteiger partial charge is 0.392 e. The molecule has 0 spiro atoms. The third-order valence-electron chi connectivity index (χ3n) is 5.29. The topological polar surface area (TPSA) is 96.6 Å². The molecular weight excluding hydrogens is 436 g/mol. The highest BCUT2D eigenvalue weighted by molar-refractivity contribution is 7.07. The highest BCUT2D eigenvalue weighted by Crippen LogP contribution is 2.26. The van der Waals surface area contributed by atoms with E-state index < -0.39 is 5.91 Å². The van der Waals surface area contributed by atoms with Gasteiger partial charge < -0.3 is 15.0 Å². The number of amides is 2. The molecule has 174 valence electrons. The summed E-state index contributed by atoms with van der Waals surface area (Å²) in [5.41, 5.74) is 4.07. The van der Waals surface area contributed by atoms with Gasteiger partial charge in [0.1, 0.15) is 0 Å². The molecule has 0 unspecified atom stereocenters. The lowest BCUT2D eigenvalue weighted by Gasteiger charge is -2.19. The Kier molecular flexibility index (Phi) is 7.94. The number of benzene rings is 1. The normalized spacial score (nSPS) is 12.1. The van der Waals surface area contributed by atoms with Crippen LogP contribution in [0, 0.1) is 0 Å². The number of hydrogen-bond donors (Lipinski definition) is 2. The number of rotatable bonds is 7. The zero-order valence-electron chi connectivity index (χ0n) is 19.5. The quantitative estimate of drug-likeness (QED) is 0.519. The minimum Gasteiger partial charge on any atom is -0.392 e. The number of aliphatic hydroxyl groups is 1. The highest BCUT2D eigenvalue weighted by atomic mass is 32.1. The second-order valence-electron chi connectivity index (χ2n) is 8.83. The van der Waals surface area contributed by atoms with E-state index in [0.717, 1.165) is 11.3 Å². The molecular formula is C25H30N4O3S. The molecule has 0 aliphatic heterocycles. The average Bonchev–Trinajstić information content (AvgIpc) is 3.18. The summed E-state index contributed by atoms with van der Waals surface area (Å²) in [6.07, 6.45) is 3.66. The molecule has 8 heteroatoms. The van der Waals surface area contributed by atoms with Gasteiger partial charge in [-0.25, -0.2) is 0 Å². The Bertz CT molecular complexity index is 1190. The average molecular weight is 467 g/mol. The van der Waals surface area contributed by atoms with Gasteiger partial charge in [0.05, 0.1) is 17.9 Å². The summed E-state index contributed by atoms with van der Waals surface area (Å²) in [6, 6.07) is 10.0. The fourth-order valence-corrected chi connectivity index (χ4v) is 4.34. The molecule has 1 aromatic carbocycles. The molecule has 2 aromatic heterocycles. The third-order valence-corrected chi connectivity index (χ3v) is 6.15. The summed E-state index contributed by atoms with van der Waals surface area (Å²) in [4.78, 5) is 33.0. The molecule has 0 saturated heterocycles. The van der Waals surface area contributed by atoms with Gasteiger partial charge in [0.2, 0.25) is 5.91 Å². The van der Waals surface area contributed by atoms with Crippen LogP contribution >= 0.6 is 11.3 Å². The minimum atomic E-state index is -0.445. The van der Waals surface area contributed by atoms with Crippen molar-refractivity contribution in [1.29, 1.82) is 0 Å². The fourth-order valence-electron chi connectivity index (χ4n) is 3.41. The van der Waals surface area contributed by atoms with E-state index in [0.29, 0.717) is 29.9 Å². The summed E-state index contributed by atoms with van der Waals surface area (Å²) >= 11 is 1.39. The van der Waals surface area contributed by atoms with Crippen LogP contribution in [0.2, 0.25) is 0 Å². The first-order valence-electron chi connectivity index (χ1n) is 10.9. The van der Waals surface area contributed by atoms with Crippen molar-refractivity contribution in [2.24, 2.45) is 4.99 Å². The van der Waals surface area contributed by atoms with Crippen LogP contribution in [-0.4, -0.2) is 33.0 Å². The standard InChI is InChI=1S/C25H30N4O3S/c1-17(31)27-11-5-13-29-22(18-6-8-20(9-7-18)25(2,3)4)16-33-24(29)28-23(32)21-14-26-12-10-19(21)15-30/h6-10,12,14,16,30H,5,11,13,15H2,1-4H3,(H,27,31). The predicted molar refractivity (Wildman–Crippen MR) is 130 cm³/mol. The Morgan fingerprint density at radius 2 is 1.91 bits per heavy atom. The van der Waals surface area contributed by atoms with Crippen LogP contribution in [0.3, 0.4) is 0 Å². The zero-order chi connectivity index (χ0) is 24.0. The maximum atomic E-state index is 12.9. The number of thiazole rings is 1.